The molecule has 2 N–H and O–H groups in total. The lowest BCUT2D eigenvalue weighted by atomic mass is 9.67. The smallest absolute Gasteiger partial charge is 0.297 e. The Morgan fingerprint density at radius 2 is 1.44 bits per heavy atom. The summed E-state index contributed by atoms with van der Waals surface area (Å²) in [5.74, 6) is -10.8. The molecular weight excluding hydrogens is 596 g/mol. The highest BCUT2D eigenvalue weighted by Gasteiger charge is 2.61. The van der Waals surface area contributed by atoms with Gasteiger partial charge in [0.1, 0.15) is 0 Å². The Labute approximate surface area is 266 Å². The standard InChI is InChI=1S/C35H35ClN2O7/c1-19(2)28(30(39)31(40)37-23-10-6-5-7-11-23)27-18-26(21-14-16-22(36)17-15-21)29(20(3)4)35(44,45-27)34(43)38-32(41)24-12-8-9-13-25(24)33(38)42/h5-17,19-20,26-29,44H,18H2,1-4H3,(H,37,40)/t26-,27+,28-,29-,35-/m0/s1. The number of nitrogens with zero attached hydrogens (tertiary/aromatic N) is 1. The third kappa shape index (κ3) is 5.95. The quantitative estimate of drug-likeness (QED) is 0.249. The highest BCUT2D eigenvalue weighted by Crippen LogP contribution is 2.50. The number of aliphatic hydroxyl groups is 1. The maximum atomic E-state index is 14.4. The van der Waals surface area contributed by atoms with Crippen LogP contribution in [0.25, 0.3) is 0 Å². The third-order valence-electron chi connectivity index (χ3n) is 8.70. The van der Waals surface area contributed by atoms with Gasteiger partial charge in [-0.2, -0.15) is 0 Å². The van der Waals surface area contributed by atoms with E-state index in [9.17, 15) is 29.1 Å². The van der Waals surface area contributed by atoms with Gasteiger partial charge in [0, 0.05) is 16.6 Å². The number of ketones is 1. The third-order valence-corrected chi connectivity index (χ3v) is 8.95. The summed E-state index contributed by atoms with van der Waals surface area (Å²) < 4.78 is 6.27. The van der Waals surface area contributed by atoms with E-state index in [4.69, 9.17) is 16.3 Å². The van der Waals surface area contributed by atoms with E-state index >= 15 is 0 Å². The number of halogens is 1. The summed E-state index contributed by atoms with van der Waals surface area (Å²) in [6.07, 6.45) is -0.978. The van der Waals surface area contributed by atoms with Gasteiger partial charge in [-0.3, -0.25) is 24.0 Å². The zero-order chi connectivity index (χ0) is 32.6. The summed E-state index contributed by atoms with van der Waals surface area (Å²) in [6, 6.07) is 21.4. The fraction of sp³-hybridized carbons (Fsp3) is 0.343. The van der Waals surface area contributed by atoms with E-state index in [1.54, 1.807) is 94.4 Å². The van der Waals surface area contributed by atoms with E-state index in [0.717, 1.165) is 0 Å². The number of ether oxygens (including phenoxy) is 1. The van der Waals surface area contributed by atoms with Crippen molar-refractivity contribution in [1.82, 2.24) is 4.90 Å². The van der Waals surface area contributed by atoms with E-state index in [-0.39, 0.29) is 17.5 Å². The molecule has 5 atom stereocenters. The SMILES string of the molecule is CC(C)[C@H](C(=O)C(=O)Nc1ccccc1)[C@H]1C[C@@H](c2ccc(Cl)cc2)[C@H](C(C)C)[C@@](O)(C(=O)N2C(=O)c3ccccc3C2=O)O1. The Hall–Kier alpha value is -4.18. The monoisotopic (exact) mass is 630 g/mol. The molecular formula is C35H35ClN2O7. The minimum absolute atomic E-state index is 0.0370. The van der Waals surface area contributed by atoms with Crippen molar-refractivity contribution in [2.75, 3.05) is 5.32 Å². The Kier molecular flexibility index (Phi) is 9.07. The summed E-state index contributed by atoms with van der Waals surface area (Å²) in [5, 5.41) is 15.5. The van der Waals surface area contributed by atoms with Gasteiger partial charge < -0.3 is 15.2 Å². The van der Waals surface area contributed by atoms with Gasteiger partial charge >= 0.3 is 0 Å². The van der Waals surface area contributed by atoms with E-state index in [1.807, 2.05) is 0 Å². The van der Waals surface area contributed by atoms with Crippen molar-refractivity contribution >= 4 is 46.7 Å². The number of anilines is 1. The molecule has 1 saturated heterocycles. The topological polar surface area (TPSA) is 130 Å². The van der Waals surface area contributed by atoms with Crippen molar-refractivity contribution in [3.8, 4) is 0 Å². The van der Waals surface area contributed by atoms with Crippen LogP contribution >= 0.6 is 11.6 Å². The molecule has 2 aliphatic rings. The normalized spacial score (nSPS) is 23.6. The molecule has 45 heavy (non-hydrogen) atoms. The van der Waals surface area contributed by atoms with Gasteiger partial charge in [-0.1, -0.05) is 81.8 Å². The number of amides is 4. The molecule has 3 aromatic carbocycles. The highest BCUT2D eigenvalue weighted by molar-refractivity contribution is 6.41. The molecule has 1 fully saturated rings. The van der Waals surface area contributed by atoms with E-state index in [1.165, 1.54) is 12.1 Å². The number of hydrogen-bond acceptors (Lipinski definition) is 7. The number of nitrogens with one attached hydrogen (secondary N) is 1. The van der Waals surface area contributed by atoms with Gasteiger partial charge in [0.05, 0.1) is 23.1 Å². The molecule has 0 aliphatic carbocycles. The zero-order valence-electron chi connectivity index (χ0n) is 25.4. The number of fused-ring (bicyclic) bond motifs is 1. The molecule has 0 bridgehead atoms. The summed E-state index contributed by atoms with van der Waals surface area (Å²) in [4.78, 5) is 68.6. The van der Waals surface area contributed by atoms with Crippen molar-refractivity contribution in [3.63, 3.8) is 0 Å². The number of rotatable bonds is 8. The number of carbonyl (C=O) groups excluding carboxylic acids is 5. The molecule has 234 valence electrons. The van der Waals surface area contributed by atoms with Crippen LogP contribution in [0.4, 0.5) is 5.69 Å². The van der Waals surface area contributed by atoms with Gasteiger partial charge in [-0.25, -0.2) is 4.90 Å². The van der Waals surface area contributed by atoms with E-state index < -0.39 is 70.9 Å². The lowest BCUT2D eigenvalue weighted by molar-refractivity contribution is -0.290. The first-order chi connectivity index (χ1) is 21.3. The van der Waals surface area contributed by atoms with Crippen LogP contribution in [0.2, 0.25) is 5.02 Å². The number of hydrogen-bond donors (Lipinski definition) is 2. The Morgan fingerprint density at radius 3 is 1.98 bits per heavy atom. The second-order valence-electron chi connectivity index (χ2n) is 12.3. The first kappa shape index (κ1) is 32.2. The van der Waals surface area contributed by atoms with Crippen molar-refractivity contribution < 1.29 is 33.8 Å². The van der Waals surface area contributed by atoms with Crippen molar-refractivity contribution in [1.29, 1.82) is 0 Å². The van der Waals surface area contributed by atoms with E-state index in [0.29, 0.717) is 21.2 Å². The number of imide groups is 3. The van der Waals surface area contributed by atoms with Gasteiger partial charge in [0.2, 0.25) is 5.78 Å². The van der Waals surface area contributed by atoms with Crippen molar-refractivity contribution in [3.05, 3.63) is 101 Å². The van der Waals surface area contributed by atoms with Crippen LogP contribution in [-0.4, -0.2) is 51.3 Å². The molecule has 5 rings (SSSR count). The maximum Gasteiger partial charge on any atom is 0.297 e. The first-order valence-electron chi connectivity index (χ1n) is 14.9. The number of carbonyl (C=O) groups is 5. The molecule has 0 aromatic heterocycles. The average Bonchev–Trinajstić information content (AvgIpc) is 3.26. The van der Waals surface area contributed by atoms with Crippen LogP contribution in [-0.2, 0) is 19.1 Å². The molecule has 3 aromatic rings. The first-order valence-corrected chi connectivity index (χ1v) is 15.3. The van der Waals surface area contributed by atoms with Crippen LogP contribution < -0.4 is 5.32 Å². The molecule has 9 nitrogen and oxygen atoms in total. The van der Waals surface area contributed by atoms with Gasteiger partial charge in [0.25, 0.3) is 29.4 Å². The maximum absolute atomic E-state index is 14.4. The minimum atomic E-state index is -2.71. The van der Waals surface area contributed by atoms with Crippen molar-refractivity contribution in [2.45, 2.75) is 51.9 Å². The second kappa shape index (κ2) is 12.7. The van der Waals surface area contributed by atoms with Crippen LogP contribution in [0.5, 0.6) is 0 Å². The molecule has 2 aliphatic heterocycles. The lowest BCUT2D eigenvalue weighted by Crippen LogP contribution is -2.64. The lowest BCUT2D eigenvalue weighted by Gasteiger charge is -2.50. The Morgan fingerprint density at radius 1 is 0.889 bits per heavy atom. The van der Waals surface area contributed by atoms with E-state index in [2.05, 4.69) is 5.32 Å². The number of Topliss-reactive ketones (excluding diaryl/α,β-unsaturated/α-hetero) is 1. The largest absolute Gasteiger partial charge is 0.358 e. The molecule has 0 radical (unpaired) electrons. The summed E-state index contributed by atoms with van der Waals surface area (Å²) in [5.41, 5.74) is 1.22. The predicted octanol–water partition coefficient (Wildman–Crippen LogP) is 5.48. The molecule has 2 heterocycles. The molecule has 10 heteroatoms. The molecule has 0 unspecified atom stereocenters. The molecule has 4 amide bonds. The van der Waals surface area contributed by atoms with Crippen LogP contribution in [0.3, 0.4) is 0 Å². The fourth-order valence-corrected chi connectivity index (χ4v) is 6.84. The second-order valence-corrected chi connectivity index (χ2v) is 12.7. The predicted molar refractivity (Wildman–Crippen MR) is 167 cm³/mol. The minimum Gasteiger partial charge on any atom is -0.358 e. The average molecular weight is 631 g/mol. The van der Waals surface area contributed by atoms with Crippen LogP contribution in [0.1, 0.15) is 66.3 Å². The fourth-order valence-electron chi connectivity index (χ4n) is 6.71. The summed E-state index contributed by atoms with van der Waals surface area (Å²) in [7, 11) is 0. The molecule has 0 saturated carbocycles. The van der Waals surface area contributed by atoms with Gasteiger partial charge in [-0.15, -0.1) is 0 Å². The van der Waals surface area contributed by atoms with Crippen molar-refractivity contribution in [2.24, 2.45) is 23.7 Å². The summed E-state index contributed by atoms with van der Waals surface area (Å²) in [6.45, 7) is 7.10. The summed E-state index contributed by atoms with van der Waals surface area (Å²) >= 11 is 6.18. The van der Waals surface area contributed by atoms with Crippen LogP contribution in [0.15, 0.2) is 78.9 Å². The van der Waals surface area contributed by atoms with Crippen LogP contribution in [0, 0.1) is 23.7 Å². The molecule has 0 spiro atoms. The number of para-hydroxylation sites is 1. The Bertz CT molecular complexity index is 1600. The number of benzene rings is 3. The highest BCUT2D eigenvalue weighted by atomic mass is 35.5. The zero-order valence-corrected chi connectivity index (χ0v) is 26.2. The Balaban J connectivity index is 1.58. The van der Waals surface area contributed by atoms with Gasteiger partial charge in [0.15, 0.2) is 0 Å². The van der Waals surface area contributed by atoms with Gasteiger partial charge in [-0.05, 0) is 66.1 Å².